The first-order valence-corrected chi connectivity index (χ1v) is 9.78. The number of aromatic nitrogens is 4. The van der Waals surface area contributed by atoms with Crippen LogP contribution >= 0.6 is 0 Å². The van der Waals surface area contributed by atoms with E-state index in [2.05, 4.69) is 15.3 Å². The second kappa shape index (κ2) is 8.35. The van der Waals surface area contributed by atoms with Crippen molar-refractivity contribution in [2.24, 2.45) is 0 Å². The Morgan fingerprint density at radius 2 is 1.77 bits per heavy atom. The highest BCUT2D eigenvalue weighted by Gasteiger charge is 2.17. The number of fused-ring (bicyclic) bond motifs is 1. The highest BCUT2D eigenvalue weighted by molar-refractivity contribution is 5.92. The third-order valence-electron chi connectivity index (χ3n) is 5.03. The van der Waals surface area contributed by atoms with E-state index in [0.29, 0.717) is 11.2 Å². The minimum atomic E-state index is -0.571. The molecule has 4 rings (SSSR count). The summed E-state index contributed by atoms with van der Waals surface area (Å²) in [6, 6.07) is 12.4. The molecule has 156 valence electrons. The molecule has 3 heterocycles. The summed E-state index contributed by atoms with van der Waals surface area (Å²) in [6.07, 6.45) is 4.68. The van der Waals surface area contributed by atoms with Gasteiger partial charge in [-0.05, 0) is 55.3 Å². The molecule has 0 radical (unpaired) electrons. The largest absolute Gasteiger partial charge is 0.332 e. The van der Waals surface area contributed by atoms with Crippen LogP contribution in [0, 0.1) is 13.8 Å². The number of aryl methyl sites for hydroxylation is 2. The van der Waals surface area contributed by atoms with E-state index in [0.717, 1.165) is 21.3 Å². The average Bonchev–Trinajstić information content (AvgIpc) is 2.77. The summed E-state index contributed by atoms with van der Waals surface area (Å²) in [4.78, 5) is 47.0. The minimum Gasteiger partial charge on any atom is -0.324 e. The zero-order valence-electron chi connectivity index (χ0n) is 17.2. The number of nitrogens with zero attached hydrogens (tertiary/aromatic N) is 4. The Kier molecular flexibility index (Phi) is 5.44. The monoisotopic (exact) mass is 415 g/mol. The van der Waals surface area contributed by atoms with Crippen molar-refractivity contribution in [1.29, 1.82) is 0 Å². The molecule has 8 nitrogen and oxygen atoms in total. The Morgan fingerprint density at radius 1 is 1.00 bits per heavy atom. The van der Waals surface area contributed by atoms with Crippen LogP contribution in [0.1, 0.15) is 16.7 Å². The van der Waals surface area contributed by atoms with Crippen molar-refractivity contribution < 1.29 is 4.79 Å². The molecule has 0 aliphatic rings. The number of pyridine rings is 2. The predicted molar refractivity (Wildman–Crippen MR) is 118 cm³/mol. The summed E-state index contributed by atoms with van der Waals surface area (Å²) in [6.45, 7) is 3.70. The van der Waals surface area contributed by atoms with Crippen molar-refractivity contribution >= 4 is 22.6 Å². The van der Waals surface area contributed by atoms with Crippen LogP contribution in [0.25, 0.3) is 11.0 Å². The molecule has 0 saturated carbocycles. The fraction of sp³-hybridized carbons (Fsp3) is 0.174. The van der Waals surface area contributed by atoms with Crippen molar-refractivity contribution in [3.05, 3.63) is 98.6 Å². The molecule has 0 saturated heterocycles. The zero-order chi connectivity index (χ0) is 22.0. The summed E-state index contributed by atoms with van der Waals surface area (Å²) in [5, 5.41) is 2.85. The van der Waals surface area contributed by atoms with Crippen molar-refractivity contribution in [1.82, 2.24) is 19.1 Å². The first-order chi connectivity index (χ1) is 14.9. The lowest BCUT2D eigenvalue weighted by Crippen LogP contribution is -2.42. The minimum absolute atomic E-state index is 0.0609. The number of rotatable bonds is 5. The molecule has 4 aromatic rings. The van der Waals surface area contributed by atoms with E-state index in [9.17, 15) is 14.4 Å². The lowest BCUT2D eigenvalue weighted by Gasteiger charge is -2.14. The quantitative estimate of drug-likeness (QED) is 0.539. The second-order valence-corrected chi connectivity index (χ2v) is 7.35. The number of hydrogen-bond acceptors (Lipinski definition) is 5. The normalized spacial score (nSPS) is 10.9. The first kappa shape index (κ1) is 20.2. The maximum atomic E-state index is 13.2. The van der Waals surface area contributed by atoms with Crippen molar-refractivity contribution in [2.45, 2.75) is 26.9 Å². The van der Waals surface area contributed by atoms with Crippen LogP contribution in [-0.2, 0) is 17.9 Å². The summed E-state index contributed by atoms with van der Waals surface area (Å²) in [5.74, 6) is -0.367. The van der Waals surface area contributed by atoms with E-state index >= 15 is 0 Å². The molecule has 1 aromatic carbocycles. The lowest BCUT2D eigenvalue weighted by atomic mass is 10.1. The molecule has 0 bridgehead atoms. The Labute approximate surface area is 177 Å². The van der Waals surface area contributed by atoms with Gasteiger partial charge in [-0.25, -0.2) is 9.78 Å². The lowest BCUT2D eigenvalue weighted by molar-refractivity contribution is -0.116. The van der Waals surface area contributed by atoms with E-state index in [-0.39, 0.29) is 24.5 Å². The van der Waals surface area contributed by atoms with Crippen LogP contribution in [0.15, 0.2) is 70.6 Å². The third kappa shape index (κ3) is 4.13. The smallest absolute Gasteiger partial charge is 0.324 e. The van der Waals surface area contributed by atoms with Crippen LogP contribution in [0.3, 0.4) is 0 Å². The molecule has 31 heavy (non-hydrogen) atoms. The van der Waals surface area contributed by atoms with Crippen molar-refractivity contribution in [3.8, 4) is 0 Å². The molecular formula is C23H21N5O3. The van der Waals surface area contributed by atoms with Gasteiger partial charge in [0.05, 0.1) is 12.1 Å². The molecule has 0 spiro atoms. The summed E-state index contributed by atoms with van der Waals surface area (Å²) < 4.78 is 2.37. The fourth-order valence-corrected chi connectivity index (χ4v) is 3.49. The Balaban J connectivity index is 1.75. The first-order valence-electron chi connectivity index (χ1n) is 9.78. The van der Waals surface area contributed by atoms with Crippen LogP contribution in [0.2, 0.25) is 0 Å². The molecule has 1 N–H and O–H groups in total. The molecular weight excluding hydrogens is 394 g/mol. The number of carbonyl (C=O) groups is 1. The van der Waals surface area contributed by atoms with E-state index in [1.165, 1.54) is 10.8 Å². The van der Waals surface area contributed by atoms with Gasteiger partial charge in [0.25, 0.3) is 5.56 Å². The van der Waals surface area contributed by atoms with Crippen molar-refractivity contribution in [2.75, 3.05) is 5.32 Å². The summed E-state index contributed by atoms with van der Waals surface area (Å²) in [7, 11) is 0. The van der Waals surface area contributed by atoms with E-state index in [4.69, 9.17) is 0 Å². The van der Waals surface area contributed by atoms with Crippen LogP contribution in [-0.4, -0.2) is 25.0 Å². The van der Waals surface area contributed by atoms with Gasteiger partial charge in [0.2, 0.25) is 5.91 Å². The van der Waals surface area contributed by atoms with Gasteiger partial charge in [-0.2, -0.15) is 0 Å². The molecule has 3 aromatic heterocycles. The van der Waals surface area contributed by atoms with Gasteiger partial charge in [-0.3, -0.25) is 23.7 Å². The van der Waals surface area contributed by atoms with Gasteiger partial charge in [-0.15, -0.1) is 0 Å². The van der Waals surface area contributed by atoms with Crippen LogP contribution in [0.5, 0.6) is 0 Å². The maximum absolute atomic E-state index is 13.2. The topological polar surface area (TPSA) is 98.9 Å². The molecule has 0 aliphatic heterocycles. The average molecular weight is 415 g/mol. The fourth-order valence-electron chi connectivity index (χ4n) is 3.49. The van der Waals surface area contributed by atoms with Gasteiger partial charge < -0.3 is 5.32 Å². The van der Waals surface area contributed by atoms with Gasteiger partial charge in [0.15, 0.2) is 5.52 Å². The van der Waals surface area contributed by atoms with Crippen LogP contribution < -0.4 is 16.6 Å². The van der Waals surface area contributed by atoms with Gasteiger partial charge in [0.1, 0.15) is 6.54 Å². The van der Waals surface area contributed by atoms with E-state index < -0.39 is 11.2 Å². The van der Waals surface area contributed by atoms with Gasteiger partial charge in [0, 0.05) is 24.3 Å². The number of hydrogen-bond donors (Lipinski definition) is 1. The molecule has 0 atom stereocenters. The zero-order valence-corrected chi connectivity index (χ0v) is 17.2. The van der Waals surface area contributed by atoms with Gasteiger partial charge in [-0.1, -0.05) is 17.7 Å². The highest BCUT2D eigenvalue weighted by Crippen LogP contribution is 2.16. The number of anilines is 1. The predicted octanol–water partition coefficient (Wildman–Crippen LogP) is 2.26. The summed E-state index contributed by atoms with van der Waals surface area (Å²) in [5.41, 5.74) is 2.82. The number of amides is 1. The number of carbonyl (C=O) groups excluding carboxylic acids is 1. The Bertz CT molecular complexity index is 1390. The van der Waals surface area contributed by atoms with E-state index in [1.54, 1.807) is 36.7 Å². The molecule has 1 amide bonds. The third-order valence-corrected chi connectivity index (χ3v) is 5.03. The number of benzene rings is 1. The molecule has 0 aliphatic carbocycles. The molecule has 0 fully saturated rings. The summed E-state index contributed by atoms with van der Waals surface area (Å²) >= 11 is 0. The second-order valence-electron chi connectivity index (χ2n) is 7.35. The maximum Gasteiger partial charge on any atom is 0.332 e. The van der Waals surface area contributed by atoms with Crippen LogP contribution in [0.4, 0.5) is 5.69 Å². The Morgan fingerprint density at radius 3 is 2.52 bits per heavy atom. The highest BCUT2D eigenvalue weighted by atomic mass is 16.2. The van der Waals surface area contributed by atoms with Gasteiger partial charge >= 0.3 is 5.69 Å². The standard InChI is InChI=1S/C23H21N5O3/c1-15-5-6-18(16(2)12-15)26-20(29)14-27-19-4-3-9-25-21(19)22(30)28(23(27)31)13-17-7-10-24-11-8-17/h3-12H,13-14H2,1-2H3,(H,26,29). The van der Waals surface area contributed by atoms with E-state index in [1.807, 2.05) is 32.0 Å². The molecule has 0 unspecified atom stereocenters. The van der Waals surface area contributed by atoms with Crippen molar-refractivity contribution in [3.63, 3.8) is 0 Å². The molecule has 8 heteroatoms. The Hall–Kier alpha value is -4.07. The number of nitrogens with one attached hydrogen (secondary N) is 1. The SMILES string of the molecule is Cc1ccc(NC(=O)Cn2c(=O)n(Cc3ccncc3)c(=O)c3ncccc32)c(C)c1.